The molecule has 3 N–H and O–H groups in total. The van der Waals surface area contributed by atoms with E-state index >= 15 is 0 Å². The van der Waals surface area contributed by atoms with E-state index in [1.165, 1.54) is 5.56 Å². The molecule has 0 unspecified atom stereocenters. The summed E-state index contributed by atoms with van der Waals surface area (Å²) in [6.07, 6.45) is 3.19. The number of ether oxygens (including phenoxy) is 1. The van der Waals surface area contributed by atoms with Gasteiger partial charge in [0, 0.05) is 7.05 Å². The maximum atomic E-state index is 11.0. The Hall–Kier alpha value is -1.55. The zero-order valence-electron chi connectivity index (χ0n) is 10.2. The molecule has 17 heavy (non-hydrogen) atoms. The van der Waals surface area contributed by atoms with E-state index in [9.17, 15) is 4.79 Å². The molecule has 0 atom stereocenters. The van der Waals surface area contributed by atoms with Gasteiger partial charge >= 0.3 is 0 Å². The molecule has 0 aliphatic rings. The molecule has 0 heterocycles. The smallest absolute Gasteiger partial charge is 0.257 e. The number of carbonyl (C=O) groups excluding carboxylic acids is 1. The molecule has 4 heteroatoms. The van der Waals surface area contributed by atoms with Crippen LogP contribution in [0.4, 0.5) is 0 Å². The fourth-order valence-corrected chi connectivity index (χ4v) is 1.45. The van der Waals surface area contributed by atoms with Crippen LogP contribution in [-0.2, 0) is 11.2 Å². The van der Waals surface area contributed by atoms with Crippen LogP contribution in [-0.4, -0.2) is 26.1 Å². The van der Waals surface area contributed by atoms with Gasteiger partial charge in [0.15, 0.2) is 6.61 Å². The Bertz CT molecular complexity index is 336. The van der Waals surface area contributed by atoms with Crippen molar-refractivity contribution >= 4 is 5.91 Å². The van der Waals surface area contributed by atoms with Crippen molar-refractivity contribution in [3.8, 4) is 5.75 Å². The monoisotopic (exact) mass is 236 g/mol. The van der Waals surface area contributed by atoms with Crippen molar-refractivity contribution in [3.63, 3.8) is 0 Å². The third kappa shape index (κ3) is 5.36. The molecule has 4 nitrogen and oxygen atoms in total. The van der Waals surface area contributed by atoms with Crippen molar-refractivity contribution in [2.45, 2.75) is 19.3 Å². The summed E-state index contributed by atoms with van der Waals surface area (Å²) in [6.45, 7) is 0.802. The van der Waals surface area contributed by atoms with Gasteiger partial charge in [-0.05, 0) is 43.5 Å². The van der Waals surface area contributed by atoms with Crippen LogP contribution in [0.1, 0.15) is 18.4 Å². The quantitative estimate of drug-likeness (QED) is 0.697. The summed E-state index contributed by atoms with van der Waals surface area (Å²) < 4.78 is 5.31. The van der Waals surface area contributed by atoms with Gasteiger partial charge in [-0.1, -0.05) is 12.1 Å². The minimum atomic E-state index is -0.128. The number of benzene rings is 1. The zero-order valence-corrected chi connectivity index (χ0v) is 10.2. The first-order valence-electron chi connectivity index (χ1n) is 5.88. The number of nitrogens with two attached hydrogens (primary N) is 1. The first-order chi connectivity index (χ1) is 8.26. The third-order valence-electron chi connectivity index (χ3n) is 2.49. The van der Waals surface area contributed by atoms with Gasteiger partial charge in [0.2, 0.25) is 0 Å². The molecule has 0 aliphatic heterocycles. The van der Waals surface area contributed by atoms with E-state index in [0.29, 0.717) is 0 Å². The molecular formula is C13H20N2O2. The Kier molecular flexibility index (Phi) is 6.10. The standard InChI is InChI=1S/C13H20N2O2/c1-15-13(16)10-17-12-7-5-11(6-8-12)4-2-3-9-14/h5-8H,2-4,9-10,14H2,1H3,(H,15,16). The highest BCUT2D eigenvalue weighted by molar-refractivity contribution is 5.77. The average Bonchev–Trinajstić information content (AvgIpc) is 2.37. The van der Waals surface area contributed by atoms with Crippen molar-refractivity contribution in [3.05, 3.63) is 29.8 Å². The van der Waals surface area contributed by atoms with Gasteiger partial charge in [0.05, 0.1) is 0 Å². The number of amides is 1. The highest BCUT2D eigenvalue weighted by Gasteiger charge is 2.00. The maximum absolute atomic E-state index is 11.0. The summed E-state index contributed by atoms with van der Waals surface area (Å²) in [7, 11) is 1.59. The Morgan fingerprint density at radius 3 is 2.59 bits per heavy atom. The molecule has 1 amide bonds. The molecule has 0 fully saturated rings. The predicted octanol–water partition coefficient (Wildman–Crippen LogP) is 1.09. The third-order valence-corrected chi connectivity index (χ3v) is 2.49. The lowest BCUT2D eigenvalue weighted by Crippen LogP contribution is -2.24. The first kappa shape index (κ1) is 13.5. The number of unbranched alkanes of at least 4 members (excludes halogenated alkanes) is 1. The van der Waals surface area contributed by atoms with E-state index in [1.54, 1.807) is 7.05 Å². The molecule has 1 rings (SSSR count). The average molecular weight is 236 g/mol. The van der Waals surface area contributed by atoms with Gasteiger partial charge in [0.1, 0.15) is 5.75 Å². The van der Waals surface area contributed by atoms with Crippen molar-refractivity contribution < 1.29 is 9.53 Å². The number of hydrogen-bond donors (Lipinski definition) is 2. The number of aryl methyl sites for hydroxylation is 1. The van der Waals surface area contributed by atoms with Crippen LogP contribution < -0.4 is 15.8 Å². The molecule has 1 aromatic carbocycles. The minimum Gasteiger partial charge on any atom is -0.484 e. The summed E-state index contributed by atoms with van der Waals surface area (Å²) in [4.78, 5) is 11.0. The summed E-state index contributed by atoms with van der Waals surface area (Å²) in [5, 5.41) is 2.51. The Morgan fingerprint density at radius 1 is 1.29 bits per heavy atom. The first-order valence-corrected chi connectivity index (χ1v) is 5.88. The van der Waals surface area contributed by atoms with Crippen LogP contribution in [0.15, 0.2) is 24.3 Å². The second-order valence-electron chi connectivity index (χ2n) is 3.85. The number of carbonyl (C=O) groups is 1. The van der Waals surface area contributed by atoms with E-state index in [-0.39, 0.29) is 12.5 Å². The Labute approximate surface area is 102 Å². The summed E-state index contributed by atoms with van der Waals surface area (Å²) in [6, 6.07) is 7.83. The second kappa shape index (κ2) is 7.68. The lowest BCUT2D eigenvalue weighted by Gasteiger charge is -2.06. The van der Waals surface area contributed by atoms with Crippen LogP contribution in [0.3, 0.4) is 0 Å². The normalized spacial score (nSPS) is 10.0. The Morgan fingerprint density at radius 2 is 2.00 bits per heavy atom. The second-order valence-corrected chi connectivity index (χ2v) is 3.85. The largest absolute Gasteiger partial charge is 0.484 e. The van der Waals surface area contributed by atoms with Crippen LogP contribution >= 0.6 is 0 Å². The molecule has 0 saturated carbocycles. The summed E-state index contributed by atoms with van der Waals surface area (Å²) in [5.74, 6) is 0.591. The fraction of sp³-hybridized carbons (Fsp3) is 0.462. The molecule has 94 valence electrons. The summed E-state index contributed by atoms with van der Waals surface area (Å²) in [5.41, 5.74) is 6.71. The topological polar surface area (TPSA) is 64.3 Å². The fourth-order valence-electron chi connectivity index (χ4n) is 1.45. The molecule has 0 radical (unpaired) electrons. The molecular weight excluding hydrogens is 216 g/mol. The van der Waals surface area contributed by atoms with Gasteiger partial charge in [0.25, 0.3) is 5.91 Å². The van der Waals surface area contributed by atoms with E-state index in [4.69, 9.17) is 10.5 Å². The SMILES string of the molecule is CNC(=O)COc1ccc(CCCCN)cc1. The molecule has 0 saturated heterocycles. The van der Waals surface area contributed by atoms with E-state index in [0.717, 1.165) is 31.6 Å². The van der Waals surface area contributed by atoms with Gasteiger partial charge < -0.3 is 15.8 Å². The van der Waals surface area contributed by atoms with E-state index < -0.39 is 0 Å². The molecule has 0 aliphatic carbocycles. The van der Waals surface area contributed by atoms with Gasteiger partial charge in [-0.15, -0.1) is 0 Å². The van der Waals surface area contributed by atoms with Gasteiger partial charge in [-0.3, -0.25) is 4.79 Å². The number of rotatable bonds is 7. The predicted molar refractivity (Wildman–Crippen MR) is 68.0 cm³/mol. The van der Waals surface area contributed by atoms with E-state index in [1.807, 2.05) is 24.3 Å². The number of nitrogens with one attached hydrogen (secondary N) is 1. The number of likely N-dealkylation sites (N-methyl/N-ethyl adjacent to an activating group) is 1. The zero-order chi connectivity index (χ0) is 12.5. The Balaban J connectivity index is 2.36. The lowest BCUT2D eigenvalue weighted by atomic mass is 10.1. The van der Waals surface area contributed by atoms with Crippen LogP contribution in [0.2, 0.25) is 0 Å². The van der Waals surface area contributed by atoms with Crippen molar-refractivity contribution in [1.82, 2.24) is 5.32 Å². The van der Waals surface area contributed by atoms with E-state index in [2.05, 4.69) is 5.32 Å². The van der Waals surface area contributed by atoms with Crippen LogP contribution in [0.5, 0.6) is 5.75 Å². The van der Waals surface area contributed by atoms with Crippen molar-refractivity contribution in [1.29, 1.82) is 0 Å². The van der Waals surface area contributed by atoms with Crippen LogP contribution in [0.25, 0.3) is 0 Å². The molecule has 0 aromatic heterocycles. The highest BCUT2D eigenvalue weighted by Crippen LogP contribution is 2.13. The van der Waals surface area contributed by atoms with Gasteiger partial charge in [-0.25, -0.2) is 0 Å². The maximum Gasteiger partial charge on any atom is 0.257 e. The van der Waals surface area contributed by atoms with Crippen molar-refractivity contribution in [2.75, 3.05) is 20.2 Å². The lowest BCUT2D eigenvalue weighted by molar-refractivity contribution is -0.122. The minimum absolute atomic E-state index is 0.0586. The summed E-state index contributed by atoms with van der Waals surface area (Å²) >= 11 is 0. The van der Waals surface area contributed by atoms with Gasteiger partial charge in [-0.2, -0.15) is 0 Å². The molecule has 1 aromatic rings. The molecule has 0 bridgehead atoms. The number of hydrogen-bond acceptors (Lipinski definition) is 3. The molecule has 0 spiro atoms. The highest BCUT2D eigenvalue weighted by atomic mass is 16.5. The van der Waals surface area contributed by atoms with Crippen LogP contribution in [0, 0.1) is 0 Å². The van der Waals surface area contributed by atoms with Crippen molar-refractivity contribution in [2.24, 2.45) is 5.73 Å².